The quantitative estimate of drug-likeness (QED) is 0.749. The highest BCUT2D eigenvalue weighted by Crippen LogP contribution is 2.15. The van der Waals surface area contributed by atoms with Gasteiger partial charge in [-0.3, -0.25) is 14.5 Å². The Bertz CT molecular complexity index is 510. The molecule has 0 saturated carbocycles. The van der Waals surface area contributed by atoms with Crippen LogP contribution in [0.3, 0.4) is 0 Å². The Morgan fingerprint density at radius 1 is 1.29 bits per heavy atom. The fourth-order valence-electron chi connectivity index (χ4n) is 2.43. The van der Waals surface area contributed by atoms with E-state index in [1.54, 1.807) is 31.3 Å². The van der Waals surface area contributed by atoms with E-state index in [4.69, 9.17) is 5.73 Å². The summed E-state index contributed by atoms with van der Waals surface area (Å²) in [7, 11) is 1.57. The van der Waals surface area contributed by atoms with E-state index in [-0.39, 0.29) is 17.9 Å². The van der Waals surface area contributed by atoms with E-state index in [1.165, 1.54) is 0 Å². The average Bonchev–Trinajstić information content (AvgIpc) is 2.49. The van der Waals surface area contributed by atoms with Crippen LogP contribution in [0.5, 0.6) is 0 Å². The van der Waals surface area contributed by atoms with Gasteiger partial charge in [0.1, 0.15) is 0 Å². The van der Waals surface area contributed by atoms with Crippen molar-refractivity contribution in [3.8, 4) is 0 Å². The van der Waals surface area contributed by atoms with Gasteiger partial charge in [-0.25, -0.2) is 0 Å². The molecule has 1 aromatic carbocycles. The summed E-state index contributed by atoms with van der Waals surface area (Å²) in [6.45, 7) is 2.01. The van der Waals surface area contributed by atoms with Gasteiger partial charge in [-0.2, -0.15) is 0 Å². The van der Waals surface area contributed by atoms with Crippen molar-refractivity contribution in [1.29, 1.82) is 0 Å². The number of hydrogen-bond acceptors (Lipinski definition) is 4. The molecule has 1 aliphatic heterocycles. The van der Waals surface area contributed by atoms with Gasteiger partial charge in [-0.05, 0) is 25.0 Å². The number of carbonyl (C=O) groups excluding carboxylic acids is 2. The predicted octanol–water partition coefficient (Wildman–Crippen LogP) is 0.408. The summed E-state index contributed by atoms with van der Waals surface area (Å²) >= 11 is 0. The lowest BCUT2D eigenvalue weighted by atomic mass is 10.1. The number of amides is 2. The van der Waals surface area contributed by atoms with Crippen LogP contribution >= 0.6 is 0 Å². The maximum atomic E-state index is 12.1. The molecule has 2 rings (SSSR count). The third-order valence-corrected chi connectivity index (χ3v) is 3.67. The first-order valence-electron chi connectivity index (χ1n) is 7.19. The molecule has 0 aliphatic carbocycles. The number of likely N-dealkylation sites (tertiary alicyclic amines) is 1. The van der Waals surface area contributed by atoms with Crippen molar-refractivity contribution >= 4 is 17.5 Å². The topological polar surface area (TPSA) is 87.5 Å². The van der Waals surface area contributed by atoms with Crippen LogP contribution in [0.2, 0.25) is 0 Å². The number of para-hydroxylation sites is 1. The number of benzene rings is 1. The van der Waals surface area contributed by atoms with Crippen molar-refractivity contribution in [2.45, 2.75) is 18.9 Å². The molecule has 2 amide bonds. The molecule has 0 aromatic heterocycles. The van der Waals surface area contributed by atoms with Gasteiger partial charge in [0, 0.05) is 26.2 Å². The number of carbonyl (C=O) groups is 2. The van der Waals surface area contributed by atoms with E-state index in [1.807, 2.05) is 0 Å². The van der Waals surface area contributed by atoms with E-state index in [2.05, 4.69) is 15.5 Å². The van der Waals surface area contributed by atoms with Crippen LogP contribution in [-0.2, 0) is 4.79 Å². The Morgan fingerprint density at radius 2 is 1.95 bits per heavy atom. The molecule has 0 unspecified atom stereocenters. The van der Waals surface area contributed by atoms with Gasteiger partial charge in [-0.15, -0.1) is 0 Å². The number of anilines is 1. The second-order valence-electron chi connectivity index (χ2n) is 5.29. The molecule has 6 nitrogen and oxygen atoms in total. The van der Waals surface area contributed by atoms with Crippen LogP contribution in [0.15, 0.2) is 24.3 Å². The summed E-state index contributed by atoms with van der Waals surface area (Å²) in [6, 6.07) is 7.23. The largest absolute Gasteiger partial charge is 0.355 e. The first-order chi connectivity index (χ1) is 10.1. The molecule has 1 saturated heterocycles. The van der Waals surface area contributed by atoms with Crippen LogP contribution in [0, 0.1) is 0 Å². The van der Waals surface area contributed by atoms with Crippen LogP contribution in [0.4, 0.5) is 5.69 Å². The highest BCUT2D eigenvalue weighted by Gasteiger charge is 2.19. The van der Waals surface area contributed by atoms with Gasteiger partial charge in [-0.1, -0.05) is 12.1 Å². The highest BCUT2D eigenvalue weighted by atomic mass is 16.2. The van der Waals surface area contributed by atoms with Crippen molar-refractivity contribution in [2.24, 2.45) is 5.73 Å². The van der Waals surface area contributed by atoms with Gasteiger partial charge in [0.2, 0.25) is 5.91 Å². The summed E-state index contributed by atoms with van der Waals surface area (Å²) in [4.78, 5) is 25.9. The minimum absolute atomic E-state index is 0.109. The van der Waals surface area contributed by atoms with E-state index in [9.17, 15) is 9.59 Å². The molecule has 114 valence electrons. The molecule has 0 bridgehead atoms. The third kappa shape index (κ3) is 4.27. The van der Waals surface area contributed by atoms with Crippen molar-refractivity contribution in [3.63, 3.8) is 0 Å². The zero-order chi connectivity index (χ0) is 15.2. The Kier molecular flexibility index (Phi) is 5.30. The maximum Gasteiger partial charge on any atom is 0.253 e. The minimum Gasteiger partial charge on any atom is -0.355 e. The van der Waals surface area contributed by atoms with Gasteiger partial charge in [0.15, 0.2) is 0 Å². The van der Waals surface area contributed by atoms with Gasteiger partial charge in [0.05, 0.1) is 17.8 Å². The molecule has 4 N–H and O–H groups in total. The third-order valence-electron chi connectivity index (χ3n) is 3.67. The fourth-order valence-corrected chi connectivity index (χ4v) is 2.43. The number of hydrogen-bond donors (Lipinski definition) is 3. The maximum absolute atomic E-state index is 12.1. The van der Waals surface area contributed by atoms with Gasteiger partial charge < -0.3 is 16.4 Å². The Balaban J connectivity index is 1.95. The zero-order valence-corrected chi connectivity index (χ0v) is 12.3. The van der Waals surface area contributed by atoms with Crippen LogP contribution in [0.25, 0.3) is 0 Å². The van der Waals surface area contributed by atoms with Crippen LogP contribution in [0.1, 0.15) is 23.2 Å². The monoisotopic (exact) mass is 290 g/mol. The SMILES string of the molecule is CNC(=O)c1ccccc1NC(=O)CN1CCC(N)CC1. The second kappa shape index (κ2) is 7.19. The first-order valence-corrected chi connectivity index (χ1v) is 7.19. The van der Waals surface area contributed by atoms with E-state index >= 15 is 0 Å². The molecule has 21 heavy (non-hydrogen) atoms. The standard InChI is InChI=1S/C15H22N4O2/c1-17-15(21)12-4-2-3-5-13(12)18-14(20)10-19-8-6-11(16)7-9-19/h2-5,11H,6-10,16H2,1H3,(H,17,21)(H,18,20). The summed E-state index contributed by atoms with van der Waals surface area (Å²) in [5, 5.41) is 5.38. The molecule has 1 fully saturated rings. The Morgan fingerprint density at radius 3 is 2.62 bits per heavy atom. The number of nitrogens with zero attached hydrogens (tertiary/aromatic N) is 1. The summed E-state index contributed by atoms with van der Waals surface area (Å²) in [5.41, 5.74) is 6.85. The fraction of sp³-hybridized carbons (Fsp3) is 0.467. The van der Waals surface area contributed by atoms with Crippen molar-refractivity contribution < 1.29 is 9.59 Å². The van der Waals surface area contributed by atoms with Gasteiger partial charge in [0.25, 0.3) is 5.91 Å². The molecule has 1 aromatic rings. The Hall–Kier alpha value is -1.92. The molecular weight excluding hydrogens is 268 g/mol. The predicted molar refractivity (Wildman–Crippen MR) is 82.1 cm³/mol. The van der Waals surface area contributed by atoms with E-state index < -0.39 is 0 Å². The Labute approximate surface area is 124 Å². The normalized spacial score (nSPS) is 16.5. The average molecular weight is 290 g/mol. The lowest BCUT2D eigenvalue weighted by molar-refractivity contribution is -0.117. The number of nitrogens with one attached hydrogen (secondary N) is 2. The smallest absolute Gasteiger partial charge is 0.253 e. The zero-order valence-electron chi connectivity index (χ0n) is 12.3. The van der Waals surface area contributed by atoms with E-state index in [0.29, 0.717) is 17.8 Å². The molecule has 1 aliphatic rings. The molecule has 0 spiro atoms. The highest BCUT2D eigenvalue weighted by molar-refractivity contribution is 6.03. The molecule has 6 heteroatoms. The summed E-state index contributed by atoms with van der Waals surface area (Å²) in [6.07, 6.45) is 1.84. The molecular formula is C15H22N4O2. The van der Waals surface area contributed by atoms with Crippen molar-refractivity contribution in [3.05, 3.63) is 29.8 Å². The summed E-state index contributed by atoms with van der Waals surface area (Å²) in [5.74, 6) is -0.323. The summed E-state index contributed by atoms with van der Waals surface area (Å²) < 4.78 is 0. The molecule has 1 heterocycles. The molecule has 0 radical (unpaired) electrons. The molecule has 0 atom stereocenters. The lowest BCUT2D eigenvalue weighted by Gasteiger charge is -2.29. The number of nitrogens with two attached hydrogens (primary N) is 1. The van der Waals surface area contributed by atoms with Gasteiger partial charge >= 0.3 is 0 Å². The second-order valence-corrected chi connectivity index (χ2v) is 5.29. The lowest BCUT2D eigenvalue weighted by Crippen LogP contribution is -2.43. The number of piperidine rings is 1. The van der Waals surface area contributed by atoms with Crippen molar-refractivity contribution in [1.82, 2.24) is 10.2 Å². The first kappa shape index (κ1) is 15.5. The van der Waals surface area contributed by atoms with Crippen molar-refractivity contribution in [2.75, 3.05) is 32.0 Å². The minimum atomic E-state index is -0.213. The van der Waals surface area contributed by atoms with Crippen LogP contribution < -0.4 is 16.4 Å². The van der Waals surface area contributed by atoms with E-state index in [0.717, 1.165) is 25.9 Å². The van der Waals surface area contributed by atoms with Crippen LogP contribution in [-0.4, -0.2) is 49.4 Å². The number of rotatable bonds is 4.